The predicted octanol–water partition coefficient (Wildman–Crippen LogP) is -1.20. The average Bonchev–Trinajstić information content (AvgIpc) is 1.95. The first-order valence-corrected chi connectivity index (χ1v) is 3.44. The van der Waals surface area contributed by atoms with Crippen molar-refractivity contribution in [1.82, 2.24) is 0 Å². The second kappa shape index (κ2) is 3.30. The fourth-order valence-corrected chi connectivity index (χ4v) is 1.02. The van der Waals surface area contributed by atoms with E-state index in [2.05, 4.69) is 0 Å². The first kappa shape index (κ1) is 7.94. The summed E-state index contributed by atoms with van der Waals surface area (Å²) in [6.07, 6.45) is 0.321. The lowest BCUT2D eigenvalue weighted by atomic mass is 10.1. The predicted molar refractivity (Wildman–Crippen MR) is 35.2 cm³/mol. The van der Waals surface area contributed by atoms with Gasteiger partial charge < -0.3 is 20.7 Å². The summed E-state index contributed by atoms with van der Waals surface area (Å²) in [4.78, 5) is 0. The van der Waals surface area contributed by atoms with Gasteiger partial charge in [0, 0.05) is 0 Å². The fraction of sp³-hybridized carbons (Fsp3) is 1.00. The summed E-state index contributed by atoms with van der Waals surface area (Å²) < 4.78 is 4.93. The van der Waals surface area contributed by atoms with E-state index in [4.69, 9.17) is 20.7 Å². The molecule has 0 spiro atoms. The number of hydrogen-bond acceptors (Lipinski definition) is 4. The molecule has 0 radical (unpaired) electrons. The molecule has 4 nitrogen and oxygen atoms in total. The van der Waals surface area contributed by atoms with Gasteiger partial charge in [0.25, 0.3) is 0 Å². The molecule has 1 rings (SSSR count). The number of nitrogens with two attached hydrogens (primary N) is 1. The number of aliphatic hydroxyl groups excluding tert-OH is 2. The van der Waals surface area contributed by atoms with Crippen LogP contribution in [0, 0.1) is 0 Å². The Labute approximate surface area is 59.6 Å². The van der Waals surface area contributed by atoms with E-state index in [1.165, 1.54) is 0 Å². The maximum absolute atomic E-state index is 9.02. The summed E-state index contributed by atoms with van der Waals surface area (Å²) >= 11 is 0. The Hall–Kier alpha value is -0.160. The maximum Gasteiger partial charge on any atom is 0.170 e. The number of aliphatic hydroxyl groups is 2. The Morgan fingerprint density at radius 3 is 2.70 bits per heavy atom. The summed E-state index contributed by atoms with van der Waals surface area (Å²) in [6.45, 7) is -0.0379. The summed E-state index contributed by atoms with van der Waals surface area (Å²) in [6, 6.07) is -0.289. The molecule has 1 aliphatic heterocycles. The summed E-state index contributed by atoms with van der Waals surface area (Å²) in [5, 5.41) is 17.6. The zero-order chi connectivity index (χ0) is 7.56. The Balaban J connectivity index is 2.33. The van der Waals surface area contributed by atoms with Crippen LogP contribution in [-0.4, -0.2) is 35.3 Å². The molecule has 0 aromatic carbocycles. The van der Waals surface area contributed by atoms with E-state index in [1.807, 2.05) is 0 Å². The minimum atomic E-state index is -0.897. The van der Waals surface area contributed by atoms with Crippen LogP contribution in [0.15, 0.2) is 0 Å². The highest BCUT2D eigenvalue weighted by molar-refractivity contribution is 4.74. The smallest absolute Gasteiger partial charge is 0.170 e. The molecule has 0 saturated carbocycles. The lowest BCUT2D eigenvalue weighted by Gasteiger charge is -2.30. The monoisotopic (exact) mass is 147 g/mol. The number of rotatable bonds is 1. The van der Waals surface area contributed by atoms with Crippen LogP contribution in [0.25, 0.3) is 0 Å². The van der Waals surface area contributed by atoms with Gasteiger partial charge in [0.05, 0.1) is 18.8 Å². The van der Waals surface area contributed by atoms with Gasteiger partial charge >= 0.3 is 0 Å². The van der Waals surface area contributed by atoms with Crippen molar-refractivity contribution in [2.75, 3.05) is 6.61 Å². The third kappa shape index (κ3) is 1.67. The first-order valence-electron chi connectivity index (χ1n) is 3.44. The number of ether oxygens (including phenoxy) is 1. The molecule has 1 saturated heterocycles. The third-order valence-corrected chi connectivity index (χ3v) is 1.72. The van der Waals surface area contributed by atoms with Gasteiger partial charge in [0.1, 0.15) is 0 Å². The highest BCUT2D eigenvalue weighted by atomic mass is 16.6. The molecular weight excluding hydrogens is 134 g/mol. The molecule has 1 fully saturated rings. The molecule has 0 aliphatic carbocycles. The van der Waals surface area contributed by atoms with E-state index in [0.717, 1.165) is 6.42 Å². The molecule has 0 bridgehead atoms. The molecule has 60 valence electrons. The molecule has 0 unspecified atom stereocenters. The molecule has 0 amide bonds. The molecule has 3 atom stereocenters. The van der Waals surface area contributed by atoms with Crippen LogP contribution in [0.2, 0.25) is 0 Å². The van der Waals surface area contributed by atoms with Crippen molar-refractivity contribution < 1.29 is 14.9 Å². The fourth-order valence-electron chi connectivity index (χ4n) is 1.02. The van der Waals surface area contributed by atoms with Gasteiger partial charge in [-0.3, -0.25) is 0 Å². The molecule has 4 heteroatoms. The molecule has 1 aliphatic rings. The van der Waals surface area contributed by atoms with Crippen molar-refractivity contribution in [3.05, 3.63) is 0 Å². The highest BCUT2D eigenvalue weighted by Gasteiger charge is 2.26. The Morgan fingerprint density at radius 2 is 2.20 bits per heavy atom. The van der Waals surface area contributed by atoms with Crippen LogP contribution in [0.5, 0.6) is 0 Å². The average molecular weight is 147 g/mol. The summed E-state index contributed by atoms with van der Waals surface area (Å²) in [5.74, 6) is 0. The Bertz CT molecular complexity index is 109. The molecule has 1 heterocycles. The van der Waals surface area contributed by atoms with E-state index in [0.29, 0.717) is 6.42 Å². The standard InChI is InChI=1S/C6H13NO3/c7-5-2-1-4(3-8)10-6(5)9/h4-6,8-9H,1-3,7H2/t4-,5+,6-/m0/s1. The van der Waals surface area contributed by atoms with Gasteiger partial charge in [0.15, 0.2) is 6.29 Å². The highest BCUT2D eigenvalue weighted by Crippen LogP contribution is 2.15. The van der Waals surface area contributed by atoms with Crippen molar-refractivity contribution in [3.63, 3.8) is 0 Å². The third-order valence-electron chi connectivity index (χ3n) is 1.72. The first-order chi connectivity index (χ1) is 4.74. The maximum atomic E-state index is 9.02. The van der Waals surface area contributed by atoms with Gasteiger partial charge in [-0.2, -0.15) is 0 Å². The Kier molecular flexibility index (Phi) is 2.62. The second-order valence-corrected chi connectivity index (χ2v) is 2.57. The summed E-state index contributed by atoms with van der Waals surface area (Å²) in [5.41, 5.74) is 5.44. The quantitative estimate of drug-likeness (QED) is 0.435. The minimum Gasteiger partial charge on any atom is -0.394 e. The van der Waals surface area contributed by atoms with Crippen LogP contribution >= 0.6 is 0 Å². The van der Waals surface area contributed by atoms with Crippen LogP contribution in [-0.2, 0) is 4.74 Å². The van der Waals surface area contributed by atoms with Gasteiger partial charge in [-0.15, -0.1) is 0 Å². The largest absolute Gasteiger partial charge is 0.394 e. The zero-order valence-electron chi connectivity index (χ0n) is 5.73. The van der Waals surface area contributed by atoms with E-state index < -0.39 is 6.29 Å². The van der Waals surface area contributed by atoms with Crippen molar-refractivity contribution in [2.45, 2.75) is 31.3 Å². The van der Waals surface area contributed by atoms with Crippen LogP contribution in [0.3, 0.4) is 0 Å². The summed E-state index contributed by atoms with van der Waals surface area (Å²) in [7, 11) is 0. The molecular formula is C6H13NO3. The van der Waals surface area contributed by atoms with E-state index in [-0.39, 0.29) is 18.8 Å². The van der Waals surface area contributed by atoms with E-state index in [9.17, 15) is 0 Å². The van der Waals surface area contributed by atoms with Crippen LogP contribution in [0.4, 0.5) is 0 Å². The second-order valence-electron chi connectivity index (χ2n) is 2.57. The molecule has 10 heavy (non-hydrogen) atoms. The lowest BCUT2D eigenvalue weighted by Crippen LogP contribution is -2.44. The van der Waals surface area contributed by atoms with Crippen LogP contribution in [0.1, 0.15) is 12.8 Å². The topological polar surface area (TPSA) is 75.7 Å². The van der Waals surface area contributed by atoms with Gasteiger partial charge in [-0.25, -0.2) is 0 Å². The van der Waals surface area contributed by atoms with Gasteiger partial charge in [-0.05, 0) is 12.8 Å². The molecule has 0 aromatic heterocycles. The van der Waals surface area contributed by atoms with E-state index >= 15 is 0 Å². The molecule has 4 N–H and O–H groups in total. The van der Waals surface area contributed by atoms with Crippen molar-refractivity contribution in [2.24, 2.45) is 5.73 Å². The SMILES string of the molecule is N[C@@H]1CC[C@@H](CO)O[C@@H]1O. The zero-order valence-corrected chi connectivity index (χ0v) is 5.73. The Morgan fingerprint density at radius 1 is 1.50 bits per heavy atom. The molecule has 0 aromatic rings. The van der Waals surface area contributed by atoms with Gasteiger partial charge in [-0.1, -0.05) is 0 Å². The van der Waals surface area contributed by atoms with Gasteiger partial charge in [0.2, 0.25) is 0 Å². The van der Waals surface area contributed by atoms with Crippen molar-refractivity contribution >= 4 is 0 Å². The van der Waals surface area contributed by atoms with Crippen molar-refractivity contribution in [1.29, 1.82) is 0 Å². The minimum absolute atomic E-state index is 0.0379. The lowest BCUT2D eigenvalue weighted by molar-refractivity contribution is -0.181. The number of hydrogen-bond donors (Lipinski definition) is 3. The normalized spacial score (nSPS) is 41.7. The van der Waals surface area contributed by atoms with E-state index in [1.54, 1.807) is 0 Å². The van der Waals surface area contributed by atoms with Crippen LogP contribution < -0.4 is 5.73 Å². The van der Waals surface area contributed by atoms with Crippen molar-refractivity contribution in [3.8, 4) is 0 Å².